The number of nitrogens with zero attached hydrogens (tertiary/aromatic N) is 2. The monoisotopic (exact) mass is 305 g/mol. The fourth-order valence-electron chi connectivity index (χ4n) is 3.20. The third-order valence-corrected chi connectivity index (χ3v) is 4.89. The molecule has 1 aromatic carbocycles. The lowest BCUT2D eigenvalue weighted by atomic mass is 9.90. The molecule has 1 aliphatic heterocycles. The standard InChI is InChI=1S/C14H16BrN3/c15-13-3-1-2-12-11(13)4-5-14(12,10-16)18-8-6-17-7-9-18/h1-3,17H,4-9H2. The van der Waals surface area contributed by atoms with E-state index in [1.165, 1.54) is 11.1 Å². The van der Waals surface area contributed by atoms with Gasteiger partial charge in [-0.05, 0) is 30.0 Å². The molecule has 0 radical (unpaired) electrons. The van der Waals surface area contributed by atoms with E-state index in [2.05, 4.69) is 44.3 Å². The van der Waals surface area contributed by atoms with Crippen LogP contribution >= 0.6 is 15.9 Å². The highest BCUT2D eigenvalue weighted by atomic mass is 79.9. The Labute approximate surface area is 116 Å². The van der Waals surface area contributed by atoms with Crippen molar-refractivity contribution in [2.75, 3.05) is 26.2 Å². The van der Waals surface area contributed by atoms with E-state index in [9.17, 15) is 5.26 Å². The van der Waals surface area contributed by atoms with Crippen molar-refractivity contribution in [1.29, 1.82) is 5.26 Å². The molecule has 1 aromatic rings. The number of halogens is 1. The van der Waals surface area contributed by atoms with Gasteiger partial charge < -0.3 is 5.32 Å². The second-order valence-electron chi connectivity index (χ2n) is 4.98. The third kappa shape index (κ3) is 1.70. The Hall–Kier alpha value is -0.890. The molecular formula is C14H16BrN3. The molecule has 1 N–H and O–H groups in total. The fourth-order valence-corrected chi connectivity index (χ4v) is 3.77. The minimum absolute atomic E-state index is 0.402. The van der Waals surface area contributed by atoms with Crippen LogP contribution in [0.25, 0.3) is 0 Å². The molecule has 0 saturated carbocycles. The van der Waals surface area contributed by atoms with Crippen LogP contribution in [0.5, 0.6) is 0 Å². The van der Waals surface area contributed by atoms with Gasteiger partial charge in [-0.2, -0.15) is 5.26 Å². The van der Waals surface area contributed by atoms with Crippen LogP contribution in [0.2, 0.25) is 0 Å². The van der Waals surface area contributed by atoms with Crippen molar-refractivity contribution >= 4 is 15.9 Å². The minimum Gasteiger partial charge on any atom is -0.314 e. The molecule has 94 valence electrons. The molecular weight excluding hydrogens is 290 g/mol. The Kier molecular flexibility index (Phi) is 3.14. The van der Waals surface area contributed by atoms with Crippen LogP contribution in [-0.4, -0.2) is 31.1 Å². The summed E-state index contributed by atoms with van der Waals surface area (Å²) in [5.41, 5.74) is 2.13. The lowest BCUT2D eigenvalue weighted by Crippen LogP contribution is -2.53. The summed E-state index contributed by atoms with van der Waals surface area (Å²) < 4.78 is 1.15. The van der Waals surface area contributed by atoms with E-state index in [0.29, 0.717) is 0 Å². The van der Waals surface area contributed by atoms with Gasteiger partial charge in [0.1, 0.15) is 5.54 Å². The van der Waals surface area contributed by atoms with Crippen LogP contribution < -0.4 is 5.32 Å². The molecule has 1 unspecified atom stereocenters. The predicted octanol–water partition coefficient (Wildman–Crippen LogP) is 2.02. The molecule has 0 aromatic heterocycles. The zero-order valence-corrected chi connectivity index (χ0v) is 11.8. The van der Waals surface area contributed by atoms with Crippen LogP contribution in [0.1, 0.15) is 17.5 Å². The first-order valence-corrected chi connectivity index (χ1v) is 7.22. The van der Waals surface area contributed by atoms with E-state index >= 15 is 0 Å². The second kappa shape index (κ2) is 4.65. The summed E-state index contributed by atoms with van der Waals surface area (Å²) in [7, 11) is 0. The van der Waals surface area contributed by atoms with Crippen molar-refractivity contribution in [3.63, 3.8) is 0 Å². The smallest absolute Gasteiger partial charge is 0.135 e. The van der Waals surface area contributed by atoms with Crippen LogP contribution in [0, 0.1) is 11.3 Å². The van der Waals surface area contributed by atoms with E-state index in [1.807, 2.05) is 6.07 Å². The van der Waals surface area contributed by atoms with Gasteiger partial charge in [0.2, 0.25) is 0 Å². The highest BCUT2D eigenvalue weighted by Gasteiger charge is 2.44. The number of hydrogen-bond donors (Lipinski definition) is 1. The highest BCUT2D eigenvalue weighted by molar-refractivity contribution is 9.10. The molecule has 1 aliphatic carbocycles. The first-order valence-electron chi connectivity index (χ1n) is 6.43. The number of fused-ring (bicyclic) bond motifs is 1. The third-order valence-electron chi connectivity index (χ3n) is 4.14. The van der Waals surface area contributed by atoms with Gasteiger partial charge >= 0.3 is 0 Å². The molecule has 3 rings (SSSR count). The molecule has 0 bridgehead atoms. The zero-order chi connectivity index (χ0) is 12.6. The summed E-state index contributed by atoms with van der Waals surface area (Å²) in [4.78, 5) is 2.35. The maximum Gasteiger partial charge on any atom is 0.135 e. The highest BCUT2D eigenvalue weighted by Crippen LogP contribution is 2.43. The maximum atomic E-state index is 9.78. The van der Waals surface area contributed by atoms with E-state index in [-0.39, 0.29) is 0 Å². The minimum atomic E-state index is -0.402. The number of hydrogen-bond acceptors (Lipinski definition) is 3. The van der Waals surface area contributed by atoms with Crippen molar-refractivity contribution in [2.45, 2.75) is 18.4 Å². The quantitative estimate of drug-likeness (QED) is 0.863. The molecule has 1 fully saturated rings. The molecule has 1 atom stereocenters. The van der Waals surface area contributed by atoms with E-state index < -0.39 is 5.54 Å². The maximum absolute atomic E-state index is 9.78. The first-order chi connectivity index (χ1) is 8.78. The first kappa shape index (κ1) is 12.2. The number of nitrogens with one attached hydrogen (secondary N) is 1. The van der Waals surface area contributed by atoms with Crippen molar-refractivity contribution < 1.29 is 0 Å². The Bertz CT molecular complexity index is 502. The average Bonchev–Trinajstić information content (AvgIpc) is 2.81. The van der Waals surface area contributed by atoms with Crippen LogP contribution in [0.4, 0.5) is 0 Å². The van der Waals surface area contributed by atoms with Crippen molar-refractivity contribution in [3.05, 3.63) is 33.8 Å². The molecule has 1 heterocycles. The predicted molar refractivity (Wildman–Crippen MR) is 74.2 cm³/mol. The average molecular weight is 306 g/mol. The van der Waals surface area contributed by atoms with Gasteiger partial charge in [-0.3, -0.25) is 4.90 Å². The van der Waals surface area contributed by atoms with Crippen molar-refractivity contribution in [3.8, 4) is 6.07 Å². The number of benzene rings is 1. The van der Waals surface area contributed by atoms with Gasteiger partial charge in [-0.1, -0.05) is 28.1 Å². The topological polar surface area (TPSA) is 39.1 Å². The molecule has 1 saturated heterocycles. The Balaban J connectivity index is 2.05. The van der Waals surface area contributed by atoms with E-state index in [4.69, 9.17) is 0 Å². The fraction of sp³-hybridized carbons (Fsp3) is 0.500. The van der Waals surface area contributed by atoms with Crippen LogP contribution in [-0.2, 0) is 12.0 Å². The molecule has 4 heteroatoms. The Morgan fingerprint density at radius 2 is 2.11 bits per heavy atom. The summed E-state index contributed by atoms with van der Waals surface area (Å²) in [6.07, 6.45) is 1.91. The SMILES string of the molecule is N#CC1(N2CCNCC2)CCc2c(Br)cccc21. The number of piperazine rings is 1. The second-order valence-corrected chi connectivity index (χ2v) is 5.83. The summed E-state index contributed by atoms with van der Waals surface area (Å²) in [6, 6.07) is 8.85. The molecule has 0 amide bonds. The summed E-state index contributed by atoms with van der Waals surface area (Å²) in [5, 5.41) is 13.1. The Morgan fingerprint density at radius 1 is 1.33 bits per heavy atom. The lowest BCUT2D eigenvalue weighted by molar-refractivity contribution is 0.118. The van der Waals surface area contributed by atoms with E-state index in [0.717, 1.165) is 43.5 Å². The molecule has 18 heavy (non-hydrogen) atoms. The van der Waals surface area contributed by atoms with Gasteiger partial charge in [0, 0.05) is 30.7 Å². The molecule has 0 spiro atoms. The van der Waals surface area contributed by atoms with E-state index in [1.54, 1.807) is 0 Å². The molecule has 2 aliphatic rings. The zero-order valence-electron chi connectivity index (χ0n) is 10.2. The normalized spacial score (nSPS) is 27.8. The van der Waals surface area contributed by atoms with Crippen molar-refractivity contribution in [1.82, 2.24) is 10.2 Å². The lowest BCUT2D eigenvalue weighted by Gasteiger charge is -2.39. The van der Waals surface area contributed by atoms with Gasteiger partial charge in [0.25, 0.3) is 0 Å². The Morgan fingerprint density at radius 3 is 2.83 bits per heavy atom. The largest absolute Gasteiger partial charge is 0.314 e. The summed E-state index contributed by atoms with van der Waals surface area (Å²) in [5.74, 6) is 0. The van der Waals surface area contributed by atoms with Gasteiger partial charge in [0.15, 0.2) is 0 Å². The van der Waals surface area contributed by atoms with Gasteiger partial charge in [0.05, 0.1) is 6.07 Å². The molecule has 3 nitrogen and oxygen atoms in total. The van der Waals surface area contributed by atoms with Crippen LogP contribution in [0.3, 0.4) is 0 Å². The number of rotatable bonds is 1. The van der Waals surface area contributed by atoms with Gasteiger partial charge in [-0.15, -0.1) is 0 Å². The van der Waals surface area contributed by atoms with Crippen molar-refractivity contribution in [2.24, 2.45) is 0 Å². The summed E-state index contributed by atoms with van der Waals surface area (Å²) in [6.45, 7) is 3.87. The summed E-state index contributed by atoms with van der Waals surface area (Å²) >= 11 is 3.61. The number of nitriles is 1. The van der Waals surface area contributed by atoms with Crippen LogP contribution in [0.15, 0.2) is 22.7 Å². The van der Waals surface area contributed by atoms with Gasteiger partial charge in [-0.25, -0.2) is 0 Å².